The Kier molecular flexibility index (Phi) is 10.5. The normalized spacial score (nSPS) is 38.5. The summed E-state index contributed by atoms with van der Waals surface area (Å²) in [6.07, 6.45) is 0. The second-order valence-corrected chi connectivity index (χ2v) is 16.8. The molecule has 0 aromatic heterocycles. The molecule has 0 spiro atoms. The highest BCUT2D eigenvalue weighted by molar-refractivity contribution is 7.75. The second kappa shape index (κ2) is 11.6. The molecule has 1 heterocycles. The molecule has 39 heavy (non-hydrogen) atoms. The van der Waals surface area contributed by atoms with Crippen LogP contribution in [0.1, 0.15) is 0 Å². The number of hydrogen-bond acceptors (Lipinski definition) is 3. The SMILES string of the molecule is ClC1=C(Cl)C(Cl)(C2(Cl)C(Cl)=C(Cl)C(Cl)=C2Cl)C(Cl)=C1Cl.O=S1OCC2C(CO1)C1(Cl)C(Cl)=C(Cl)C2(Cl)C1(Cl)Cl. The van der Waals surface area contributed by atoms with Gasteiger partial charge < -0.3 is 0 Å². The summed E-state index contributed by atoms with van der Waals surface area (Å²) >= 11 is 97.6. The van der Waals surface area contributed by atoms with Crippen LogP contribution in [0.3, 0.4) is 0 Å². The van der Waals surface area contributed by atoms with Crippen molar-refractivity contribution < 1.29 is 12.6 Å². The lowest BCUT2D eigenvalue weighted by molar-refractivity contribution is 0.207. The summed E-state index contributed by atoms with van der Waals surface area (Å²) in [5.41, 5.74) is 0. The smallest absolute Gasteiger partial charge is 0.268 e. The first-order valence-electron chi connectivity index (χ1n) is 9.83. The number of hydrogen-bond donors (Lipinski definition) is 0. The van der Waals surface area contributed by atoms with Crippen LogP contribution in [0.2, 0.25) is 0 Å². The van der Waals surface area contributed by atoms with E-state index in [4.69, 9.17) is 194 Å². The van der Waals surface area contributed by atoms with Crippen LogP contribution in [0, 0.1) is 11.8 Å². The number of rotatable bonds is 1. The van der Waals surface area contributed by atoms with Crippen LogP contribution in [0.4, 0.5) is 0 Å². The van der Waals surface area contributed by atoms with Crippen molar-refractivity contribution in [3.63, 3.8) is 0 Å². The first-order chi connectivity index (χ1) is 17.7. The Morgan fingerprint density at radius 1 is 0.513 bits per heavy atom. The molecule has 218 valence electrons. The summed E-state index contributed by atoms with van der Waals surface area (Å²) in [4.78, 5) is -6.40. The maximum absolute atomic E-state index is 11.3. The highest BCUT2D eigenvalue weighted by atomic mass is 35.5. The maximum Gasteiger partial charge on any atom is 0.304 e. The minimum absolute atomic E-state index is 0.0107. The van der Waals surface area contributed by atoms with Crippen molar-refractivity contribution in [1.82, 2.24) is 0 Å². The summed E-state index contributed by atoms with van der Waals surface area (Å²) in [7, 11) is 0. The highest BCUT2D eigenvalue weighted by Crippen LogP contribution is 2.76. The molecule has 1 saturated carbocycles. The van der Waals surface area contributed by atoms with Crippen LogP contribution in [0.5, 0.6) is 0 Å². The van der Waals surface area contributed by atoms with Gasteiger partial charge in [-0.25, -0.2) is 0 Å². The van der Waals surface area contributed by atoms with Gasteiger partial charge in [-0.3, -0.25) is 8.37 Å². The molecule has 0 aromatic carbocycles. The zero-order valence-corrected chi connectivity index (χ0v) is 30.7. The molecule has 20 heteroatoms. The van der Waals surface area contributed by atoms with Crippen LogP contribution in [0.25, 0.3) is 0 Å². The number of allylic oxidation sites excluding steroid dienone is 10. The summed E-state index contributed by atoms with van der Waals surface area (Å²) in [5, 5.41) is -0.514. The third-order valence-electron chi connectivity index (χ3n) is 6.78. The van der Waals surface area contributed by atoms with Gasteiger partial charge in [0.15, 0.2) is 4.33 Å². The number of fused-ring (bicyclic) bond motifs is 5. The van der Waals surface area contributed by atoms with Gasteiger partial charge in [0.1, 0.15) is 19.5 Å². The molecule has 0 amide bonds. The molecule has 0 aromatic rings. The number of halogens is 16. The first kappa shape index (κ1) is 35.3. The largest absolute Gasteiger partial charge is 0.304 e. The topological polar surface area (TPSA) is 35.5 Å². The molecule has 3 nitrogen and oxygen atoms in total. The lowest BCUT2D eigenvalue weighted by atomic mass is 9.83. The fourth-order valence-electron chi connectivity index (χ4n) is 4.75. The zero-order chi connectivity index (χ0) is 29.8. The molecule has 2 bridgehead atoms. The minimum atomic E-state index is -1.86. The van der Waals surface area contributed by atoms with Crippen LogP contribution < -0.4 is 0 Å². The van der Waals surface area contributed by atoms with E-state index < -0.39 is 47.0 Å². The minimum Gasteiger partial charge on any atom is -0.268 e. The molecular weight excluding hydrogens is 876 g/mol. The Balaban J connectivity index is 0.000000181. The standard InChI is InChI=1S/C10Cl10.C9H6Cl6O3S/c11-1-2(12)6(16)9(19,5(1)15)10(20)7(17)3(13)4(14)8(10)18;10-5-6(11)8(13)4-2-18-19(16)17-1-3(4)7(5,12)9(8,14)15/h;3-4H,1-2H2. The van der Waals surface area contributed by atoms with Gasteiger partial charge in [-0.15, -0.1) is 46.4 Å². The van der Waals surface area contributed by atoms with Crippen molar-refractivity contribution in [3.8, 4) is 0 Å². The van der Waals surface area contributed by atoms with Crippen molar-refractivity contribution >= 4 is 197 Å². The van der Waals surface area contributed by atoms with Gasteiger partial charge in [0.05, 0.1) is 63.5 Å². The van der Waals surface area contributed by atoms with Crippen molar-refractivity contribution in [3.05, 3.63) is 50.3 Å². The van der Waals surface area contributed by atoms with Crippen molar-refractivity contribution in [1.29, 1.82) is 0 Å². The van der Waals surface area contributed by atoms with Crippen molar-refractivity contribution in [2.45, 2.75) is 23.8 Å². The van der Waals surface area contributed by atoms with Crippen molar-refractivity contribution in [2.24, 2.45) is 11.8 Å². The lowest BCUT2D eigenvalue weighted by Crippen LogP contribution is -2.46. The molecule has 1 saturated heterocycles. The number of alkyl halides is 6. The van der Waals surface area contributed by atoms with Crippen molar-refractivity contribution in [2.75, 3.05) is 13.2 Å². The predicted octanol–water partition coefficient (Wildman–Crippen LogP) is 11.4. The van der Waals surface area contributed by atoms with Crippen LogP contribution in [-0.4, -0.2) is 41.3 Å². The van der Waals surface area contributed by atoms with E-state index in [9.17, 15) is 4.21 Å². The quantitative estimate of drug-likeness (QED) is 0.246. The molecule has 2 fully saturated rings. The highest BCUT2D eigenvalue weighted by Gasteiger charge is 2.82. The van der Waals surface area contributed by atoms with Gasteiger partial charge in [0.2, 0.25) is 0 Å². The van der Waals surface area contributed by atoms with E-state index >= 15 is 0 Å². The van der Waals surface area contributed by atoms with Gasteiger partial charge in [-0.05, 0) is 0 Å². The second-order valence-electron chi connectivity index (χ2n) is 8.44. The van der Waals surface area contributed by atoms with Crippen LogP contribution in [0.15, 0.2) is 50.3 Å². The zero-order valence-electron chi connectivity index (χ0n) is 17.7. The maximum atomic E-state index is 11.3. The van der Waals surface area contributed by atoms with E-state index in [2.05, 4.69) is 0 Å². The molecule has 1 aliphatic heterocycles. The Labute approximate surface area is 305 Å². The third kappa shape index (κ3) is 4.44. The van der Waals surface area contributed by atoms with Gasteiger partial charge >= 0.3 is 11.4 Å². The van der Waals surface area contributed by atoms with Crippen LogP contribution in [-0.2, 0) is 19.7 Å². The monoisotopic (exact) mass is 874 g/mol. The Morgan fingerprint density at radius 2 is 0.769 bits per heavy atom. The van der Waals surface area contributed by atoms with Gasteiger partial charge in [-0.2, -0.15) is 4.21 Å². The van der Waals surface area contributed by atoms with Gasteiger partial charge in [-0.1, -0.05) is 139 Å². The van der Waals surface area contributed by atoms with E-state index in [1.165, 1.54) is 0 Å². The average Bonchev–Trinajstić information content (AvgIpc) is 3.16. The molecule has 5 rings (SSSR count). The fourth-order valence-corrected chi connectivity index (χ4v) is 12.1. The lowest BCUT2D eigenvalue weighted by Gasteiger charge is -2.38. The summed E-state index contributed by atoms with van der Waals surface area (Å²) < 4.78 is 19.7. The van der Waals surface area contributed by atoms with Gasteiger partial charge in [0.25, 0.3) is 0 Å². The summed E-state index contributed by atoms with van der Waals surface area (Å²) in [6, 6.07) is 0. The first-order valence-corrected chi connectivity index (χ1v) is 16.9. The molecule has 0 radical (unpaired) electrons. The van der Waals surface area contributed by atoms with E-state index in [0.29, 0.717) is 0 Å². The molecule has 4 unspecified atom stereocenters. The molecule has 4 aliphatic carbocycles. The summed E-state index contributed by atoms with van der Waals surface area (Å²) in [6.45, 7) is 0.0215. The van der Waals surface area contributed by atoms with E-state index in [0.717, 1.165) is 0 Å². The summed E-state index contributed by atoms with van der Waals surface area (Å²) in [5.74, 6) is -0.911. The Hall–Kier alpha value is 3.41. The van der Waals surface area contributed by atoms with E-state index in [1.807, 2.05) is 0 Å². The third-order valence-corrected chi connectivity index (χ3v) is 17.6. The fraction of sp³-hybridized carbons (Fsp3) is 0.474. The molecule has 0 N–H and O–H groups in total. The molecule has 4 atom stereocenters. The Morgan fingerprint density at radius 3 is 1.03 bits per heavy atom. The Bertz CT molecular complexity index is 1210. The van der Waals surface area contributed by atoms with Crippen LogP contribution >= 0.6 is 186 Å². The average molecular weight is 882 g/mol. The molecular formula is C19H6Cl16O3S. The van der Waals surface area contributed by atoms with Gasteiger partial charge in [0, 0.05) is 11.8 Å². The van der Waals surface area contributed by atoms with E-state index in [1.54, 1.807) is 0 Å². The van der Waals surface area contributed by atoms with E-state index in [-0.39, 0.29) is 63.5 Å². The predicted molar refractivity (Wildman–Crippen MR) is 169 cm³/mol. The molecule has 5 aliphatic rings.